The molecule has 3 rings (SSSR count). The first-order valence-electron chi connectivity index (χ1n) is 6.58. The number of pyridine rings is 1. The van der Waals surface area contributed by atoms with Gasteiger partial charge in [-0.25, -0.2) is 0 Å². The van der Waals surface area contributed by atoms with Crippen molar-refractivity contribution in [2.45, 2.75) is 27.7 Å². The first-order valence-corrected chi connectivity index (χ1v) is 6.58. The molecule has 0 fully saturated rings. The molecule has 0 saturated heterocycles. The van der Waals surface area contributed by atoms with Crippen molar-refractivity contribution in [3.05, 3.63) is 66.2 Å². The van der Waals surface area contributed by atoms with Gasteiger partial charge in [0.2, 0.25) is 0 Å². The highest BCUT2D eigenvalue weighted by atomic mass is 16.3. The van der Waals surface area contributed by atoms with Crippen LogP contribution in [0.1, 0.15) is 25.3 Å². The van der Waals surface area contributed by atoms with Crippen LogP contribution in [0.25, 0.3) is 10.9 Å². The normalized spacial score (nSPS) is 9.05. The van der Waals surface area contributed by atoms with Crippen LogP contribution in [0.2, 0.25) is 0 Å². The summed E-state index contributed by atoms with van der Waals surface area (Å²) in [7, 11) is 0. The number of nitrogens with zero attached hydrogens (tertiary/aromatic N) is 1. The Kier molecular flexibility index (Phi) is 6.37. The summed E-state index contributed by atoms with van der Waals surface area (Å²) in [6.07, 6.45) is 1.66. The molecule has 1 aromatic carbocycles. The number of furan rings is 1. The van der Waals surface area contributed by atoms with E-state index in [4.69, 9.17) is 4.42 Å². The van der Waals surface area contributed by atoms with E-state index < -0.39 is 0 Å². The van der Waals surface area contributed by atoms with E-state index in [1.807, 2.05) is 64.1 Å². The molecule has 0 unspecified atom stereocenters. The van der Waals surface area contributed by atoms with E-state index in [1.54, 1.807) is 6.26 Å². The number of para-hydroxylation sites is 1. The van der Waals surface area contributed by atoms with Crippen LogP contribution in [0.15, 0.2) is 59.2 Å². The van der Waals surface area contributed by atoms with E-state index in [0.717, 1.165) is 17.0 Å². The molecule has 0 amide bonds. The molecule has 19 heavy (non-hydrogen) atoms. The van der Waals surface area contributed by atoms with Gasteiger partial charge >= 0.3 is 0 Å². The highest BCUT2D eigenvalue weighted by molar-refractivity contribution is 5.78. The molecule has 3 aromatic rings. The smallest absolute Gasteiger partial charge is 0.100 e. The summed E-state index contributed by atoms with van der Waals surface area (Å²) in [4.78, 5) is 4.38. The van der Waals surface area contributed by atoms with E-state index in [0.29, 0.717) is 0 Å². The Labute approximate surface area is 115 Å². The van der Waals surface area contributed by atoms with Crippen LogP contribution in [-0.4, -0.2) is 4.98 Å². The summed E-state index contributed by atoms with van der Waals surface area (Å²) in [5, 5.41) is 1.21. The lowest BCUT2D eigenvalue weighted by Crippen LogP contribution is -1.80. The van der Waals surface area contributed by atoms with Crippen molar-refractivity contribution in [2.24, 2.45) is 0 Å². The molecule has 0 radical (unpaired) electrons. The third-order valence-electron chi connectivity index (χ3n) is 2.40. The number of aryl methyl sites for hydroxylation is 2. The summed E-state index contributed by atoms with van der Waals surface area (Å²) < 4.78 is 4.83. The van der Waals surface area contributed by atoms with Gasteiger partial charge in [0, 0.05) is 11.1 Å². The molecule has 0 N–H and O–H groups in total. The van der Waals surface area contributed by atoms with Crippen molar-refractivity contribution in [1.29, 1.82) is 0 Å². The number of aromatic nitrogens is 1. The summed E-state index contributed by atoms with van der Waals surface area (Å²) in [6.45, 7) is 7.92. The monoisotopic (exact) mass is 255 g/mol. The second kappa shape index (κ2) is 8.09. The first kappa shape index (κ1) is 15.0. The highest BCUT2D eigenvalue weighted by Gasteiger charge is 1.91. The lowest BCUT2D eigenvalue weighted by molar-refractivity contribution is 0.534. The highest BCUT2D eigenvalue weighted by Crippen LogP contribution is 2.10. The van der Waals surface area contributed by atoms with Gasteiger partial charge < -0.3 is 4.42 Å². The van der Waals surface area contributed by atoms with Crippen LogP contribution in [0.5, 0.6) is 0 Å². The van der Waals surface area contributed by atoms with Crippen molar-refractivity contribution in [1.82, 2.24) is 4.98 Å². The molecule has 2 heteroatoms. The predicted molar refractivity (Wildman–Crippen MR) is 81.3 cm³/mol. The molecule has 2 nitrogen and oxygen atoms in total. The van der Waals surface area contributed by atoms with Gasteiger partial charge in [0.05, 0.1) is 11.8 Å². The Morgan fingerprint density at radius 2 is 1.58 bits per heavy atom. The second-order valence-electron chi connectivity index (χ2n) is 3.87. The largest absolute Gasteiger partial charge is 0.470 e. The maximum absolute atomic E-state index is 4.83. The van der Waals surface area contributed by atoms with E-state index >= 15 is 0 Å². The van der Waals surface area contributed by atoms with Gasteiger partial charge in [-0.1, -0.05) is 38.1 Å². The van der Waals surface area contributed by atoms with Crippen LogP contribution >= 0.6 is 0 Å². The number of fused-ring (bicyclic) bond motifs is 1. The average Bonchev–Trinajstić information content (AvgIpc) is 2.93. The molecule has 0 aliphatic heterocycles. The SMILES string of the molecule is CC.Cc1ccc2ccccc2n1.Cc1ccco1. The summed E-state index contributed by atoms with van der Waals surface area (Å²) >= 11 is 0. The minimum atomic E-state index is 0.968. The Bertz CT molecular complexity index is 585. The zero-order valence-corrected chi connectivity index (χ0v) is 12.1. The number of hydrogen-bond acceptors (Lipinski definition) is 2. The van der Waals surface area contributed by atoms with Gasteiger partial charge in [-0.2, -0.15) is 0 Å². The Morgan fingerprint density at radius 1 is 0.842 bits per heavy atom. The van der Waals surface area contributed by atoms with Crippen molar-refractivity contribution in [3.63, 3.8) is 0 Å². The molecule has 0 atom stereocenters. The maximum Gasteiger partial charge on any atom is 0.100 e. The molecule has 2 aromatic heterocycles. The van der Waals surface area contributed by atoms with E-state index in [-0.39, 0.29) is 0 Å². The summed E-state index contributed by atoms with van der Waals surface area (Å²) in [5.74, 6) is 0.968. The van der Waals surface area contributed by atoms with Gasteiger partial charge in [-0.3, -0.25) is 4.98 Å². The number of benzene rings is 1. The van der Waals surface area contributed by atoms with Gasteiger partial charge in [0.25, 0.3) is 0 Å². The molecule has 0 aliphatic carbocycles. The average molecular weight is 255 g/mol. The molecule has 0 aliphatic rings. The molecule has 0 bridgehead atoms. The van der Waals surface area contributed by atoms with Crippen molar-refractivity contribution in [2.75, 3.05) is 0 Å². The van der Waals surface area contributed by atoms with Crippen molar-refractivity contribution in [3.8, 4) is 0 Å². The number of rotatable bonds is 0. The summed E-state index contributed by atoms with van der Waals surface area (Å²) in [5.41, 5.74) is 2.15. The van der Waals surface area contributed by atoms with E-state index in [9.17, 15) is 0 Å². The molecule has 0 spiro atoms. The molecule has 0 saturated carbocycles. The topological polar surface area (TPSA) is 26.0 Å². The van der Waals surface area contributed by atoms with Crippen LogP contribution in [0.4, 0.5) is 0 Å². The van der Waals surface area contributed by atoms with Crippen LogP contribution in [-0.2, 0) is 0 Å². The van der Waals surface area contributed by atoms with Gasteiger partial charge in [0.15, 0.2) is 0 Å². The molecule has 2 heterocycles. The Morgan fingerprint density at radius 3 is 2.16 bits per heavy atom. The predicted octanol–water partition coefficient (Wildman–Crippen LogP) is 5.16. The third kappa shape index (κ3) is 4.96. The van der Waals surface area contributed by atoms with Gasteiger partial charge in [-0.05, 0) is 38.1 Å². The van der Waals surface area contributed by atoms with E-state index in [2.05, 4.69) is 17.1 Å². The molecular formula is C17H21NO. The molecule has 100 valence electrons. The Hall–Kier alpha value is -2.09. The zero-order chi connectivity index (χ0) is 14.1. The fourth-order valence-electron chi connectivity index (χ4n) is 1.53. The summed E-state index contributed by atoms with van der Waals surface area (Å²) in [6, 6.07) is 16.0. The van der Waals surface area contributed by atoms with Gasteiger partial charge in [-0.15, -0.1) is 0 Å². The lowest BCUT2D eigenvalue weighted by Gasteiger charge is -1.95. The first-order chi connectivity index (χ1) is 9.25. The lowest BCUT2D eigenvalue weighted by atomic mass is 10.2. The fourth-order valence-corrected chi connectivity index (χ4v) is 1.53. The standard InChI is InChI=1S/C10H9N.C5H6O.C2H6/c1-8-6-7-9-4-2-3-5-10(9)11-8;1-5-3-2-4-6-5;1-2/h2-7H,1H3;2-4H,1H3;1-2H3. The maximum atomic E-state index is 4.83. The number of hydrogen-bond donors (Lipinski definition) is 0. The fraction of sp³-hybridized carbons (Fsp3) is 0.235. The Balaban J connectivity index is 0.000000192. The van der Waals surface area contributed by atoms with E-state index in [1.165, 1.54) is 5.39 Å². The third-order valence-corrected chi connectivity index (χ3v) is 2.40. The van der Waals surface area contributed by atoms with Crippen LogP contribution in [0, 0.1) is 13.8 Å². The van der Waals surface area contributed by atoms with Crippen molar-refractivity contribution >= 4 is 10.9 Å². The zero-order valence-electron chi connectivity index (χ0n) is 12.1. The van der Waals surface area contributed by atoms with Crippen molar-refractivity contribution < 1.29 is 4.42 Å². The quantitative estimate of drug-likeness (QED) is 0.554. The van der Waals surface area contributed by atoms with Crippen LogP contribution in [0.3, 0.4) is 0 Å². The molecular weight excluding hydrogens is 234 g/mol. The minimum absolute atomic E-state index is 0.968. The minimum Gasteiger partial charge on any atom is -0.470 e. The van der Waals surface area contributed by atoms with Crippen LogP contribution < -0.4 is 0 Å². The second-order valence-corrected chi connectivity index (χ2v) is 3.87. The van der Waals surface area contributed by atoms with Gasteiger partial charge in [0.1, 0.15) is 5.76 Å².